The predicted molar refractivity (Wildman–Crippen MR) is 80.2 cm³/mol. The fraction of sp³-hybridized carbons (Fsp3) is 0.400. The predicted octanol–water partition coefficient (Wildman–Crippen LogP) is 2.57. The first-order valence-electron chi connectivity index (χ1n) is 7.33. The molecule has 0 bridgehead atoms. The average molecular weight is 323 g/mol. The van der Waals surface area contributed by atoms with Crippen LogP contribution in [0.1, 0.15) is 31.5 Å². The summed E-state index contributed by atoms with van der Waals surface area (Å²) >= 11 is 0. The maximum Gasteiger partial charge on any atom is 0.243 e. The molecule has 5 nitrogen and oxygen atoms in total. The van der Waals surface area contributed by atoms with Gasteiger partial charge >= 0.3 is 0 Å². The van der Waals surface area contributed by atoms with Gasteiger partial charge in [0.15, 0.2) is 0 Å². The van der Waals surface area contributed by atoms with E-state index in [9.17, 15) is 12.8 Å². The molecule has 7 heteroatoms. The van der Waals surface area contributed by atoms with E-state index in [1.807, 2.05) is 17.7 Å². The summed E-state index contributed by atoms with van der Waals surface area (Å²) in [7, 11) is -3.63. The summed E-state index contributed by atoms with van der Waals surface area (Å²) in [5.41, 5.74) is 0.908. The van der Waals surface area contributed by atoms with E-state index in [4.69, 9.17) is 0 Å². The summed E-state index contributed by atoms with van der Waals surface area (Å²) in [4.78, 5) is 0.128. The van der Waals surface area contributed by atoms with Crippen molar-refractivity contribution in [2.45, 2.75) is 37.2 Å². The number of sulfonamides is 1. The van der Waals surface area contributed by atoms with Crippen molar-refractivity contribution in [1.29, 1.82) is 0 Å². The maximum atomic E-state index is 13.0. The highest BCUT2D eigenvalue weighted by atomic mass is 32.2. The van der Waals surface area contributed by atoms with E-state index in [0.717, 1.165) is 18.5 Å². The van der Waals surface area contributed by atoms with E-state index in [2.05, 4.69) is 5.10 Å². The first kappa shape index (κ1) is 15.2. The van der Waals surface area contributed by atoms with Crippen molar-refractivity contribution in [3.05, 3.63) is 48.0 Å². The molecule has 0 radical (unpaired) electrons. The Bertz CT molecular complexity index is 755. The molecule has 1 aromatic heterocycles. The Morgan fingerprint density at radius 1 is 1.27 bits per heavy atom. The lowest BCUT2D eigenvalue weighted by Gasteiger charge is -2.24. The number of rotatable bonds is 4. The van der Waals surface area contributed by atoms with Crippen molar-refractivity contribution in [2.75, 3.05) is 6.54 Å². The molecule has 1 atom stereocenters. The zero-order valence-corrected chi connectivity index (χ0v) is 13.1. The quantitative estimate of drug-likeness (QED) is 0.869. The highest BCUT2D eigenvalue weighted by molar-refractivity contribution is 7.89. The Morgan fingerprint density at radius 3 is 2.68 bits per heavy atom. The molecule has 2 aromatic rings. The summed E-state index contributed by atoms with van der Waals surface area (Å²) in [5, 5.41) is 4.23. The third-order valence-electron chi connectivity index (χ3n) is 4.01. The smallest absolute Gasteiger partial charge is 0.243 e. The van der Waals surface area contributed by atoms with Gasteiger partial charge in [-0.1, -0.05) is 0 Å². The number of benzene rings is 1. The first-order chi connectivity index (χ1) is 10.5. The SMILES string of the molecule is CCn1nccc1[C@@H]1CCCN1S(=O)(=O)c1ccc(F)cc1. The standard InChI is InChI=1S/C15H18FN3O2S/c1-2-18-14(9-10-17-18)15-4-3-11-19(15)22(20,21)13-7-5-12(16)6-8-13/h5-10,15H,2-4,11H2,1H3/t15-/m0/s1. The number of hydrogen-bond donors (Lipinski definition) is 0. The molecule has 22 heavy (non-hydrogen) atoms. The van der Waals surface area contributed by atoms with E-state index >= 15 is 0 Å². The van der Waals surface area contributed by atoms with Gasteiger partial charge < -0.3 is 0 Å². The lowest BCUT2D eigenvalue weighted by molar-refractivity contribution is 0.376. The Hall–Kier alpha value is -1.73. The van der Waals surface area contributed by atoms with Crippen LogP contribution in [-0.4, -0.2) is 29.0 Å². The molecule has 2 heterocycles. The second kappa shape index (κ2) is 5.81. The highest BCUT2D eigenvalue weighted by Gasteiger charge is 2.37. The van der Waals surface area contributed by atoms with E-state index in [0.29, 0.717) is 13.1 Å². The van der Waals surface area contributed by atoms with Crippen LogP contribution in [0.2, 0.25) is 0 Å². The minimum atomic E-state index is -3.63. The number of aryl methyl sites for hydroxylation is 1. The molecule has 0 N–H and O–H groups in total. The van der Waals surface area contributed by atoms with Crippen LogP contribution in [0.15, 0.2) is 41.4 Å². The van der Waals surface area contributed by atoms with Gasteiger partial charge in [0.25, 0.3) is 0 Å². The van der Waals surface area contributed by atoms with Gasteiger partial charge in [0.2, 0.25) is 10.0 Å². The Morgan fingerprint density at radius 2 is 2.00 bits per heavy atom. The van der Waals surface area contributed by atoms with E-state index in [-0.39, 0.29) is 10.9 Å². The van der Waals surface area contributed by atoms with E-state index < -0.39 is 15.8 Å². The largest absolute Gasteiger partial charge is 0.268 e. The molecule has 0 saturated carbocycles. The molecule has 1 aromatic carbocycles. The zero-order chi connectivity index (χ0) is 15.7. The number of nitrogens with zero attached hydrogens (tertiary/aromatic N) is 3. The van der Waals surface area contributed by atoms with Gasteiger partial charge in [-0.05, 0) is 50.1 Å². The van der Waals surface area contributed by atoms with Gasteiger partial charge in [0.1, 0.15) is 5.82 Å². The topological polar surface area (TPSA) is 55.2 Å². The molecule has 1 aliphatic heterocycles. The summed E-state index contributed by atoms with van der Waals surface area (Å²) in [6.45, 7) is 3.15. The molecule has 118 valence electrons. The van der Waals surface area contributed by atoms with E-state index in [1.165, 1.54) is 28.6 Å². The molecule has 0 amide bonds. The number of aromatic nitrogens is 2. The Kier molecular flexibility index (Phi) is 4.01. The van der Waals surface area contributed by atoms with Crippen molar-refractivity contribution in [2.24, 2.45) is 0 Å². The third kappa shape index (κ3) is 2.55. The summed E-state index contributed by atoms with van der Waals surface area (Å²) in [6.07, 6.45) is 3.27. The fourth-order valence-electron chi connectivity index (χ4n) is 2.96. The average Bonchev–Trinajstić information content (AvgIpc) is 3.16. The lowest BCUT2D eigenvalue weighted by atomic mass is 10.1. The Balaban J connectivity index is 1.97. The Labute approximate surface area is 129 Å². The van der Waals surface area contributed by atoms with Gasteiger partial charge in [0.05, 0.1) is 16.6 Å². The van der Waals surface area contributed by atoms with Crippen LogP contribution < -0.4 is 0 Å². The van der Waals surface area contributed by atoms with Crippen molar-refractivity contribution in [1.82, 2.24) is 14.1 Å². The molecule has 0 aliphatic carbocycles. The maximum absolute atomic E-state index is 13.0. The van der Waals surface area contributed by atoms with Crippen LogP contribution in [-0.2, 0) is 16.6 Å². The second-order valence-corrected chi connectivity index (χ2v) is 7.19. The molecular weight excluding hydrogens is 305 g/mol. The van der Waals surface area contributed by atoms with Crippen LogP contribution in [0.25, 0.3) is 0 Å². The number of hydrogen-bond acceptors (Lipinski definition) is 3. The molecule has 3 rings (SSSR count). The van der Waals surface area contributed by atoms with Crippen molar-refractivity contribution in [3.8, 4) is 0 Å². The van der Waals surface area contributed by atoms with Gasteiger partial charge in [-0.15, -0.1) is 0 Å². The van der Waals surface area contributed by atoms with Crippen LogP contribution >= 0.6 is 0 Å². The molecule has 1 aliphatic rings. The minimum absolute atomic E-state index is 0.128. The molecular formula is C15H18FN3O2S. The summed E-state index contributed by atoms with van der Waals surface area (Å²) in [5.74, 6) is -0.444. The van der Waals surface area contributed by atoms with Gasteiger partial charge in [0, 0.05) is 19.3 Å². The molecule has 1 saturated heterocycles. The third-order valence-corrected chi connectivity index (χ3v) is 5.94. The molecule has 1 fully saturated rings. The van der Waals surface area contributed by atoms with Gasteiger partial charge in [-0.3, -0.25) is 4.68 Å². The highest BCUT2D eigenvalue weighted by Crippen LogP contribution is 2.36. The normalized spacial score (nSPS) is 19.6. The zero-order valence-electron chi connectivity index (χ0n) is 12.3. The summed E-state index contributed by atoms with van der Waals surface area (Å²) in [6, 6.07) is 6.64. The van der Waals surface area contributed by atoms with Crippen LogP contribution in [0, 0.1) is 5.82 Å². The number of halogens is 1. The van der Waals surface area contributed by atoms with Crippen LogP contribution in [0.3, 0.4) is 0 Å². The molecule has 0 spiro atoms. The van der Waals surface area contributed by atoms with Crippen molar-refractivity contribution in [3.63, 3.8) is 0 Å². The summed E-state index contributed by atoms with van der Waals surface area (Å²) < 4.78 is 42.0. The fourth-order valence-corrected chi connectivity index (χ4v) is 4.62. The van der Waals surface area contributed by atoms with Gasteiger partial charge in [-0.2, -0.15) is 9.40 Å². The van der Waals surface area contributed by atoms with E-state index in [1.54, 1.807) is 6.20 Å². The van der Waals surface area contributed by atoms with Crippen LogP contribution in [0.5, 0.6) is 0 Å². The van der Waals surface area contributed by atoms with Crippen LogP contribution in [0.4, 0.5) is 4.39 Å². The van der Waals surface area contributed by atoms with Crippen molar-refractivity contribution < 1.29 is 12.8 Å². The van der Waals surface area contributed by atoms with Gasteiger partial charge in [-0.25, -0.2) is 12.8 Å². The first-order valence-corrected chi connectivity index (χ1v) is 8.77. The molecule has 0 unspecified atom stereocenters. The minimum Gasteiger partial charge on any atom is -0.268 e. The second-order valence-electron chi connectivity index (χ2n) is 5.30. The monoisotopic (exact) mass is 323 g/mol. The lowest BCUT2D eigenvalue weighted by Crippen LogP contribution is -2.31. The van der Waals surface area contributed by atoms with Crippen molar-refractivity contribution >= 4 is 10.0 Å².